The zero-order valence-electron chi connectivity index (χ0n) is 9.53. The Hall–Kier alpha value is -0.610. The van der Waals surface area contributed by atoms with Crippen molar-refractivity contribution in [2.75, 3.05) is 19.8 Å². The minimum absolute atomic E-state index is 0.0114. The molecule has 1 fully saturated rings. The SMILES string of the molecule is CC(C)CC(CO)NC(=O)C1CCOC1. The molecule has 2 N–H and O–H groups in total. The quantitative estimate of drug-likeness (QED) is 0.704. The number of hydrogen-bond donors (Lipinski definition) is 2. The van der Waals surface area contributed by atoms with Gasteiger partial charge in [-0.2, -0.15) is 0 Å². The summed E-state index contributed by atoms with van der Waals surface area (Å²) < 4.78 is 5.15. The summed E-state index contributed by atoms with van der Waals surface area (Å²) in [4.78, 5) is 11.7. The van der Waals surface area contributed by atoms with Crippen molar-refractivity contribution in [2.45, 2.75) is 32.7 Å². The number of ether oxygens (including phenoxy) is 1. The van der Waals surface area contributed by atoms with Gasteiger partial charge in [0, 0.05) is 6.61 Å². The normalized spacial score (nSPS) is 23.1. The zero-order chi connectivity index (χ0) is 11.3. The first kappa shape index (κ1) is 12.5. The summed E-state index contributed by atoms with van der Waals surface area (Å²) in [7, 11) is 0. The number of amides is 1. The van der Waals surface area contributed by atoms with Crippen LogP contribution in [0, 0.1) is 11.8 Å². The van der Waals surface area contributed by atoms with Gasteiger partial charge in [-0.1, -0.05) is 13.8 Å². The van der Waals surface area contributed by atoms with Gasteiger partial charge in [-0.25, -0.2) is 0 Å². The molecule has 88 valence electrons. The fraction of sp³-hybridized carbons (Fsp3) is 0.909. The number of carbonyl (C=O) groups excluding carboxylic acids is 1. The van der Waals surface area contributed by atoms with E-state index in [1.807, 2.05) is 0 Å². The second-order valence-corrected chi connectivity index (χ2v) is 4.58. The highest BCUT2D eigenvalue weighted by atomic mass is 16.5. The molecular formula is C11H21NO3. The predicted molar refractivity (Wildman–Crippen MR) is 57.4 cm³/mol. The monoisotopic (exact) mass is 215 g/mol. The van der Waals surface area contributed by atoms with Crippen LogP contribution in [0.1, 0.15) is 26.7 Å². The van der Waals surface area contributed by atoms with Crippen molar-refractivity contribution in [3.05, 3.63) is 0 Å². The smallest absolute Gasteiger partial charge is 0.225 e. The summed E-state index contributed by atoms with van der Waals surface area (Å²) in [6, 6.07) is -0.113. The molecule has 4 heteroatoms. The van der Waals surface area contributed by atoms with Gasteiger partial charge >= 0.3 is 0 Å². The number of nitrogens with one attached hydrogen (secondary N) is 1. The second kappa shape index (κ2) is 6.08. The highest BCUT2D eigenvalue weighted by molar-refractivity contribution is 5.79. The van der Waals surface area contributed by atoms with Crippen LogP contribution in [0.15, 0.2) is 0 Å². The molecule has 4 nitrogen and oxygen atoms in total. The molecule has 0 saturated carbocycles. The average molecular weight is 215 g/mol. The maximum absolute atomic E-state index is 11.7. The first-order chi connectivity index (χ1) is 7.13. The van der Waals surface area contributed by atoms with Gasteiger partial charge in [0.05, 0.1) is 25.2 Å². The Balaban J connectivity index is 2.33. The summed E-state index contributed by atoms with van der Waals surface area (Å²) in [6.45, 7) is 5.36. The van der Waals surface area contributed by atoms with Crippen LogP contribution in [0.3, 0.4) is 0 Å². The van der Waals surface area contributed by atoms with Crippen LogP contribution in [0.2, 0.25) is 0 Å². The molecular weight excluding hydrogens is 194 g/mol. The molecule has 1 aliphatic rings. The van der Waals surface area contributed by atoms with Crippen LogP contribution in [-0.4, -0.2) is 36.9 Å². The molecule has 2 atom stereocenters. The summed E-state index contributed by atoms with van der Waals surface area (Å²) in [5, 5.41) is 12.0. The van der Waals surface area contributed by atoms with E-state index in [1.165, 1.54) is 0 Å². The molecule has 1 aliphatic heterocycles. The number of hydrogen-bond acceptors (Lipinski definition) is 3. The van der Waals surface area contributed by atoms with Gasteiger partial charge in [0.15, 0.2) is 0 Å². The third-order valence-corrected chi connectivity index (χ3v) is 2.62. The van der Waals surface area contributed by atoms with Gasteiger partial charge < -0.3 is 15.2 Å². The fourth-order valence-corrected chi connectivity index (χ4v) is 1.81. The fourth-order valence-electron chi connectivity index (χ4n) is 1.81. The van der Waals surface area contributed by atoms with Gasteiger partial charge in [0.2, 0.25) is 5.91 Å². The standard InChI is InChI=1S/C11H21NO3/c1-8(2)5-10(6-13)12-11(14)9-3-4-15-7-9/h8-10,13H,3-7H2,1-2H3,(H,12,14). The van der Waals surface area contributed by atoms with Crippen molar-refractivity contribution in [3.8, 4) is 0 Å². The Morgan fingerprint density at radius 1 is 1.60 bits per heavy atom. The molecule has 1 saturated heterocycles. The summed E-state index contributed by atoms with van der Waals surface area (Å²) in [6.07, 6.45) is 1.61. The van der Waals surface area contributed by atoms with Gasteiger partial charge in [-0.05, 0) is 18.8 Å². The van der Waals surface area contributed by atoms with Gasteiger partial charge in [-0.3, -0.25) is 4.79 Å². The van der Waals surface area contributed by atoms with Crippen LogP contribution >= 0.6 is 0 Å². The Morgan fingerprint density at radius 3 is 2.80 bits per heavy atom. The van der Waals surface area contributed by atoms with E-state index in [-0.39, 0.29) is 24.5 Å². The lowest BCUT2D eigenvalue weighted by Crippen LogP contribution is -2.41. The lowest BCUT2D eigenvalue weighted by Gasteiger charge is -2.19. The van der Waals surface area contributed by atoms with Crippen LogP contribution in [0.5, 0.6) is 0 Å². The molecule has 1 amide bonds. The van der Waals surface area contributed by atoms with Gasteiger partial charge in [0.1, 0.15) is 0 Å². The van der Waals surface area contributed by atoms with Crippen molar-refractivity contribution >= 4 is 5.91 Å². The molecule has 0 aromatic heterocycles. The van der Waals surface area contributed by atoms with Gasteiger partial charge in [-0.15, -0.1) is 0 Å². The Morgan fingerprint density at radius 2 is 2.33 bits per heavy atom. The Labute approximate surface area is 91.0 Å². The minimum Gasteiger partial charge on any atom is -0.394 e. The molecule has 0 aromatic rings. The van der Waals surface area contributed by atoms with E-state index in [0.29, 0.717) is 19.1 Å². The summed E-state index contributed by atoms with van der Waals surface area (Å²) in [5.41, 5.74) is 0. The van der Waals surface area contributed by atoms with E-state index in [9.17, 15) is 4.79 Å². The van der Waals surface area contributed by atoms with Crippen molar-refractivity contribution < 1.29 is 14.6 Å². The summed E-state index contributed by atoms with van der Waals surface area (Å²) in [5.74, 6) is 0.473. The maximum atomic E-state index is 11.7. The first-order valence-corrected chi connectivity index (χ1v) is 5.62. The van der Waals surface area contributed by atoms with Crippen molar-refractivity contribution in [3.63, 3.8) is 0 Å². The van der Waals surface area contributed by atoms with E-state index in [4.69, 9.17) is 9.84 Å². The lowest BCUT2D eigenvalue weighted by molar-refractivity contribution is -0.126. The van der Waals surface area contributed by atoms with Crippen LogP contribution in [-0.2, 0) is 9.53 Å². The number of rotatable bonds is 5. The van der Waals surface area contributed by atoms with E-state index < -0.39 is 0 Å². The maximum Gasteiger partial charge on any atom is 0.225 e. The largest absolute Gasteiger partial charge is 0.394 e. The third kappa shape index (κ3) is 4.18. The molecule has 2 unspecified atom stereocenters. The van der Waals surface area contributed by atoms with Crippen molar-refractivity contribution in [1.29, 1.82) is 0 Å². The first-order valence-electron chi connectivity index (χ1n) is 5.62. The third-order valence-electron chi connectivity index (χ3n) is 2.62. The number of aliphatic hydroxyl groups excluding tert-OH is 1. The molecule has 0 aliphatic carbocycles. The lowest BCUT2D eigenvalue weighted by atomic mass is 10.0. The molecule has 1 rings (SSSR count). The molecule has 15 heavy (non-hydrogen) atoms. The molecule has 1 heterocycles. The number of carbonyl (C=O) groups is 1. The topological polar surface area (TPSA) is 58.6 Å². The van der Waals surface area contributed by atoms with Gasteiger partial charge in [0.25, 0.3) is 0 Å². The number of aliphatic hydroxyl groups is 1. The van der Waals surface area contributed by atoms with Crippen molar-refractivity contribution in [2.24, 2.45) is 11.8 Å². The van der Waals surface area contributed by atoms with Crippen molar-refractivity contribution in [1.82, 2.24) is 5.32 Å². The van der Waals surface area contributed by atoms with E-state index >= 15 is 0 Å². The van der Waals surface area contributed by atoms with Crippen LogP contribution < -0.4 is 5.32 Å². The highest BCUT2D eigenvalue weighted by Crippen LogP contribution is 2.13. The van der Waals surface area contributed by atoms with Crippen LogP contribution in [0.4, 0.5) is 0 Å². The molecule has 0 radical (unpaired) electrons. The van der Waals surface area contributed by atoms with E-state index in [1.54, 1.807) is 0 Å². The Kier molecular flexibility index (Phi) is 5.05. The predicted octanol–water partition coefficient (Wildman–Crippen LogP) is 0.546. The minimum atomic E-state index is -0.113. The molecule has 0 spiro atoms. The Bertz CT molecular complexity index is 200. The molecule has 0 aromatic carbocycles. The molecule has 0 bridgehead atoms. The highest BCUT2D eigenvalue weighted by Gasteiger charge is 2.25. The zero-order valence-corrected chi connectivity index (χ0v) is 9.53. The van der Waals surface area contributed by atoms with Crippen LogP contribution in [0.25, 0.3) is 0 Å². The summed E-state index contributed by atoms with van der Waals surface area (Å²) >= 11 is 0. The van der Waals surface area contributed by atoms with E-state index in [0.717, 1.165) is 12.8 Å². The van der Waals surface area contributed by atoms with E-state index in [2.05, 4.69) is 19.2 Å². The second-order valence-electron chi connectivity index (χ2n) is 4.58. The average Bonchev–Trinajstić information content (AvgIpc) is 2.68.